The molecule has 0 radical (unpaired) electrons. The lowest BCUT2D eigenvalue weighted by Gasteiger charge is -2.26. The Hall–Kier alpha value is -2.64. The van der Waals surface area contributed by atoms with Crippen molar-refractivity contribution in [2.24, 2.45) is 11.7 Å². The molecule has 6 nitrogen and oxygen atoms in total. The van der Waals surface area contributed by atoms with Gasteiger partial charge in [-0.3, -0.25) is 9.69 Å². The van der Waals surface area contributed by atoms with Crippen LogP contribution in [0.15, 0.2) is 48.7 Å². The summed E-state index contributed by atoms with van der Waals surface area (Å²) in [6.45, 7) is 9.18. The van der Waals surface area contributed by atoms with Crippen molar-refractivity contribution in [2.45, 2.75) is 38.5 Å². The Morgan fingerprint density at radius 1 is 1.26 bits per heavy atom. The van der Waals surface area contributed by atoms with Crippen molar-refractivity contribution in [1.82, 2.24) is 10.2 Å². The van der Waals surface area contributed by atoms with Gasteiger partial charge in [-0.15, -0.1) is 0 Å². The van der Waals surface area contributed by atoms with E-state index in [9.17, 15) is 9.18 Å². The summed E-state index contributed by atoms with van der Waals surface area (Å²) >= 11 is 0. The van der Waals surface area contributed by atoms with Crippen LogP contribution in [-0.4, -0.2) is 56.8 Å². The zero-order valence-electron chi connectivity index (χ0n) is 20.1. The normalized spacial score (nSPS) is 17.9. The summed E-state index contributed by atoms with van der Waals surface area (Å²) < 4.78 is 25.8. The lowest BCUT2D eigenvalue weighted by atomic mass is 10.0. The fourth-order valence-electron chi connectivity index (χ4n) is 4.42. The van der Waals surface area contributed by atoms with Gasteiger partial charge in [0.1, 0.15) is 18.2 Å². The molecule has 1 aromatic carbocycles. The molecule has 0 spiro atoms. The van der Waals surface area contributed by atoms with Crippen LogP contribution in [0.1, 0.15) is 44.1 Å². The summed E-state index contributed by atoms with van der Waals surface area (Å²) in [5.74, 6) is 0.766. The molecular weight excluding hydrogens is 433 g/mol. The van der Waals surface area contributed by atoms with E-state index in [-0.39, 0.29) is 12.3 Å². The van der Waals surface area contributed by atoms with E-state index in [4.69, 9.17) is 15.2 Å². The molecule has 0 atom stereocenters. The topological polar surface area (TPSA) is 76.8 Å². The maximum atomic E-state index is 14.7. The quantitative estimate of drug-likeness (QED) is 0.450. The number of nitrogens with two attached hydrogens (primary N) is 1. The third-order valence-corrected chi connectivity index (χ3v) is 6.45. The highest BCUT2D eigenvalue weighted by atomic mass is 19.1. The molecule has 1 saturated carbocycles. The predicted octanol–water partition coefficient (Wildman–Crippen LogP) is 4.04. The second-order valence-electron chi connectivity index (χ2n) is 9.02. The van der Waals surface area contributed by atoms with Crippen molar-refractivity contribution in [3.63, 3.8) is 0 Å². The van der Waals surface area contributed by atoms with E-state index in [0.29, 0.717) is 35.6 Å². The van der Waals surface area contributed by atoms with Crippen LogP contribution in [0.5, 0.6) is 5.75 Å². The van der Waals surface area contributed by atoms with Crippen LogP contribution in [0.3, 0.4) is 0 Å². The van der Waals surface area contributed by atoms with Crippen LogP contribution >= 0.6 is 0 Å². The molecule has 3 N–H and O–H groups in total. The number of carbonyl (C=O) groups is 1. The summed E-state index contributed by atoms with van der Waals surface area (Å²) in [7, 11) is 0. The van der Waals surface area contributed by atoms with Gasteiger partial charge in [-0.05, 0) is 30.0 Å². The molecule has 1 aromatic rings. The zero-order chi connectivity index (χ0) is 24.2. The number of rotatable bonds is 12. The Balaban J connectivity index is 1.43. The first kappa shape index (κ1) is 26.0. The Morgan fingerprint density at radius 3 is 2.74 bits per heavy atom. The molecule has 1 aliphatic carbocycles. The number of amides is 1. The van der Waals surface area contributed by atoms with E-state index < -0.39 is 5.82 Å². The smallest absolute Gasteiger partial charge is 0.224 e. The highest BCUT2D eigenvalue weighted by molar-refractivity contribution is 5.80. The lowest BCUT2D eigenvalue weighted by molar-refractivity contribution is -0.120. The molecule has 1 heterocycles. The monoisotopic (exact) mass is 471 g/mol. The number of hydrogen-bond acceptors (Lipinski definition) is 5. The minimum atomic E-state index is -0.416. The van der Waals surface area contributed by atoms with E-state index in [0.717, 1.165) is 45.2 Å². The van der Waals surface area contributed by atoms with Crippen LogP contribution < -0.4 is 15.8 Å². The van der Waals surface area contributed by atoms with E-state index in [2.05, 4.69) is 16.8 Å². The van der Waals surface area contributed by atoms with Gasteiger partial charge in [0.15, 0.2) is 0 Å². The molecule has 0 aromatic heterocycles. The van der Waals surface area contributed by atoms with Crippen molar-refractivity contribution in [3.05, 3.63) is 60.1 Å². The summed E-state index contributed by atoms with van der Waals surface area (Å²) in [4.78, 5) is 14.4. The van der Waals surface area contributed by atoms with E-state index in [1.54, 1.807) is 24.3 Å². The largest absolute Gasteiger partial charge is 0.492 e. The molecule has 7 heteroatoms. The third kappa shape index (κ3) is 8.61. The van der Waals surface area contributed by atoms with Gasteiger partial charge < -0.3 is 20.5 Å². The maximum absolute atomic E-state index is 14.7. The number of carbonyl (C=O) groups excluding carboxylic acids is 1. The van der Waals surface area contributed by atoms with Crippen LogP contribution in [0.25, 0.3) is 5.57 Å². The molecule has 1 amide bonds. The van der Waals surface area contributed by atoms with Crippen molar-refractivity contribution in [3.8, 4) is 5.75 Å². The third-order valence-electron chi connectivity index (χ3n) is 6.45. The standard InChI is InChI=1S/C27H38FN3O3/c1-21(18-27(32)30-11-10-22-4-2-3-5-22)6-7-23(20-29)25-9-8-24(19-26(25)28)34-17-14-31-12-15-33-16-13-31/h6-9,19-20,22H,1-5,10-18,29H2,(H,30,32)/b7-6-,23-20+. The van der Waals surface area contributed by atoms with Gasteiger partial charge in [-0.2, -0.15) is 0 Å². The molecular formula is C27H38FN3O3. The van der Waals surface area contributed by atoms with Gasteiger partial charge in [-0.25, -0.2) is 4.39 Å². The summed E-state index contributed by atoms with van der Waals surface area (Å²) in [6, 6.07) is 4.77. The summed E-state index contributed by atoms with van der Waals surface area (Å²) in [5, 5.41) is 2.97. The summed E-state index contributed by atoms with van der Waals surface area (Å²) in [5.41, 5.74) is 7.27. The first-order valence-electron chi connectivity index (χ1n) is 12.3. The molecule has 186 valence electrons. The summed E-state index contributed by atoms with van der Waals surface area (Å²) in [6.07, 6.45) is 11.2. The first-order valence-corrected chi connectivity index (χ1v) is 12.3. The molecule has 34 heavy (non-hydrogen) atoms. The van der Waals surface area contributed by atoms with Gasteiger partial charge in [0.2, 0.25) is 5.91 Å². The van der Waals surface area contributed by atoms with Gasteiger partial charge in [0.25, 0.3) is 0 Å². The second-order valence-corrected chi connectivity index (χ2v) is 9.02. The zero-order valence-corrected chi connectivity index (χ0v) is 20.1. The molecule has 2 aliphatic rings. The van der Waals surface area contributed by atoms with Crippen molar-refractivity contribution >= 4 is 11.5 Å². The number of nitrogens with zero attached hydrogens (tertiary/aromatic N) is 1. The van der Waals surface area contributed by atoms with E-state index in [1.807, 2.05) is 0 Å². The van der Waals surface area contributed by atoms with Gasteiger partial charge >= 0.3 is 0 Å². The maximum Gasteiger partial charge on any atom is 0.224 e. The van der Waals surface area contributed by atoms with E-state index in [1.165, 1.54) is 37.9 Å². The van der Waals surface area contributed by atoms with Gasteiger partial charge in [0.05, 0.1) is 19.6 Å². The number of benzene rings is 1. The number of halogens is 1. The van der Waals surface area contributed by atoms with Crippen molar-refractivity contribution in [1.29, 1.82) is 0 Å². The number of morpholine rings is 1. The number of hydrogen-bond donors (Lipinski definition) is 2. The van der Waals surface area contributed by atoms with Crippen LogP contribution in [0, 0.1) is 11.7 Å². The fraction of sp³-hybridized carbons (Fsp3) is 0.519. The number of allylic oxidation sites excluding steroid dienone is 3. The van der Waals surface area contributed by atoms with Crippen LogP contribution in [0.2, 0.25) is 0 Å². The molecule has 0 unspecified atom stereocenters. The molecule has 3 rings (SSSR count). The Labute approximate surface area is 202 Å². The molecule has 1 saturated heterocycles. The van der Waals surface area contributed by atoms with Gasteiger partial charge in [0, 0.05) is 49.6 Å². The van der Waals surface area contributed by atoms with Crippen molar-refractivity contribution < 1.29 is 18.7 Å². The minimum absolute atomic E-state index is 0.0457. The predicted molar refractivity (Wildman–Crippen MR) is 134 cm³/mol. The van der Waals surface area contributed by atoms with Crippen LogP contribution in [-0.2, 0) is 9.53 Å². The number of nitrogens with one attached hydrogen (secondary N) is 1. The SMILES string of the molecule is C=C(/C=C\C(=C/N)c1ccc(OCCN2CCOCC2)cc1F)CC(=O)NCCC1CCCC1. The van der Waals surface area contributed by atoms with E-state index >= 15 is 0 Å². The second kappa shape index (κ2) is 13.9. The average molecular weight is 472 g/mol. The first-order chi connectivity index (χ1) is 16.5. The Kier molecular flexibility index (Phi) is 10.6. The average Bonchev–Trinajstić information content (AvgIpc) is 3.35. The van der Waals surface area contributed by atoms with Crippen LogP contribution in [0.4, 0.5) is 4.39 Å². The lowest BCUT2D eigenvalue weighted by Crippen LogP contribution is -2.38. The Morgan fingerprint density at radius 2 is 2.03 bits per heavy atom. The minimum Gasteiger partial charge on any atom is -0.492 e. The fourth-order valence-corrected chi connectivity index (χ4v) is 4.42. The Bertz CT molecular complexity index is 872. The van der Waals surface area contributed by atoms with Gasteiger partial charge in [-0.1, -0.05) is 44.4 Å². The van der Waals surface area contributed by atoms with Crippen molar-refractivity contribution in [2.75, 3.05) is 46.0 Å². The number of ether oxygens (including phenoxy) is 2. The highest BCUT2D eigenvalue weighted by Gasteiger charge is 2.15. The molecule has 1 aliphatic heterocycles. The molecule has 0 bridgehead atoms. The highest BCUT2D eigenvalue weighted by Crippen LogP contribution is 2.27. The molecule has 2 fully saturated rings.